The van der Waals surface area contributed by atoms with Gasteiger partial charge in [0.15, 0.2) is 0 Å². The molecule has 0 aromatic rings. The number of carbonyl (C=O) groups excluding carboxylic acids is 1. The van der Waals surface area contributed by atoms with Crippen LogP contribution in [-0.4, -0.2) is 43.5 Å². The van der Waals surface area contributed by atoms with Crippen LogP contribution in [0.15, 0.2) is 0 Å². The quantitative estimate of drug-likeness (QED) is 0.640. The van der Waals surface area contributed by atoms with Crippen LogP contribution >= 0.6 is 0 Å². The van der Waals surface area contributed by atoms with Crippen molar-refractivity contribution < 1.29 is 9.53 Å². The third kappa shape index (κ3) is 3.07. The van der Waals surface area contributed by atoms with E-state index in [2.05, 4.69) is 4.90 Å². The number of hydrogen-bond donors (Lipinski definition) is 0. The predicted octanol–water partition coefficient (Wildman–Crippen LogP) is 1.32. The Morgan fingerprint density at radius 2 is 2.00 bits per heavy atom. The number of nitrogens with zero attached hydrogens (tertiary/aromatic N) is 1. The van der Waals surface area contributed by atoms with Gasteiger partial charge in [-0.05, 0) is 39.7 Å². The predicted molar refractivity (Wildman–Crippen MR) is 56.3 cm³/mol. The normalized spacial score (nSPS) is 20.0. The van der Waals surface area contributed by atoms with E-state index in [1.807, 2.05) is 20.9 Å². The van der Waals surface area contributed by atoms with Gasteiger partial charge >= 0.3 is 0 Å². The summed E-state index contributed by atoms with van der Waals surface area (Å²) in [5.41, 5.74) is -0.335. The Morgan fingerprint density at radius 3 is 2.50 bits per heavy atom. The molecule has 0 aromatic carbocycles. The first-order valence-electron chi connectivity index (χ1n) is 5.31. The summed E-state index contributed by atoms with van der Waals surface area (Å²) in [5, 5.41) is 0. The average molecular weight is 199 g/mol. The Hall–Kier alpha value is -0.410. The maximum atomic E-state index is 10.8. The molecule has 1 fully saturated rings. The van der Waals surface area contributed by atoms with E-state index in [-0.39, 0.29) is 5.54 Å². The molecule has 0 aromatic heterocycles. The SMILES string of the molecule is CN(CC1CCOCC1)C(C)(C)C=O. The van der Waals surface area contributed by atoms with Crippen LogP contribution in [0.25, 0.3) is 0 Å². The lowest BCUT2D eigenvalue weighted by molar-refractivity contribution is -0.116. The maximum absolute atomic E-state index is 10.8. The molecule has 1 rings (SSSR count). The molecule has 0 radical (unpaired) electrons. The molecule has 3 heteroatoms. The van der Waals surface area contributed by atoms with E-state index in [9.17, 15) is 4.79 Å². The molecule has 0 unspecified atom stereocenters. The van der Waals surface area contributed by atoms with Gasteiger partial charge < -0.3 is 9.53 Å². The highest BCUT2D eigenvalue weighted by atomic mass is 16.5. The van der Waals surface area contributed by atoms with Crippen LogP contribution in [0.1, 0.15) is 26.7 Å². The molecule has 0 atom stereocenters. The second-order valence-electron chi connectivity index (χ2n) is 4.71. The smallest absolute Gasteiger partial charge is 0.139 e. The molecule has 3 nitrogen and oxygen atoms in total. The molecule has 14 heavy (non-hydrogen) atoms. The Labute approximate surface area is 86.4 Å². The fourth-order valence-corrected chi connectivity index (χ4v) is 1.64. The van der Waals surface area contributed by atoms with Gasteiger partial charge in [0.1, 0.15) is 6.29 Å². The number of ether oxygens (including phenoxy) is 1. The van der Waals surface area contributed by atoms with Crippen molar-refractivity contribution in [3.63, 3.8) is 0 Å². The Balaban J connectivity index is 2.38. The summed E-state index contributed by atoms with van der Waals surface area (Å²) in [7, 11) is 2.02. The second-order valence-corrected chi connectivity index (χ2v) is 4.71. The van der Waals surface area contributed by atoms with Crippen molar-refractivity contribution in [3.05, 3.63) is 0 Å². The molecule has 0 bridgehead atoms. The minimum absolute atomic E-state index is 0.335. The number of aldehydes is 1. The summed E-state index contributed by atoms with van der Waals surface area (Å²) in [4.78, 5) is 13.0. The van der Waals surface area contributed by atoms with Crippen molar-refractivity contribution >= 4 is 6.29 Å². The highest BCUT2D eigenvalue weighted by Crippen LogP contribution is 2.19. The molecule has 0 saturated carbocycles. The van der Waals surface area contributed by atoms with E-state index in [0.29, 0.717) is 5.92 Å². The first-order chi connectivity index (χ1) is 6.56. The molecule has 1 saturated heterocycles. The van der Waals surface area contributed by atoms with Crippen molar-refractivity contribution in [1.29, 1.82) is 0 Å². The summed E-state index contributed by atoms with van der Waals surface area (Å²) < 4.78 is 5.31. The van der Waals surface area contributed by atoms with Crippen LogP contribution in [0.2, 0.25) is 0 Å². The lowest BCUT2D eigenvalue weighted by Gasteiger charge is -2.34. The van der Waals surface area contributed by atoms with Crippen molar-refractivity contribution in [2.45, 2.75) is 32.2 Å². The van der Waals surface area contributed by atoms with Crippen molar-refractivity contribution in [2.24, 2.45) is 5.92 Å². The van der Waals surface area contributed by atoms with Gasteiger partial charge in [0.2, 0.25) is 0 Å². The maximum Gasteiger partial charge on any atom is 0.139 e. The van der Waals surface area contributed by atoms with Crippen LogP contribution in [0.4, 0.5) is 0 Å². The summed E-state index contributed by atoms with van der Waals surface area (Å²) in [6, 6.07) is 0. The average Bonchev–Trinajstić information content (AvgIpc) is 2.19. The summed E-state index contributed by atoms with van der Waals surface area (Å²) in [6.45, 7) is 6.66. The lowest BCUT2D eigenvalue weighted by Crippen LogP contribution is -2.45. The Kier molecular flexibility index (Phi) is 4.08. The minimum Gasteiger partial charge on any atom is -0.381 e. The number of hydrogen-bond acceptors (Lipinski definition) is 3. The largest absolute Gasteiger partial charge is 0.381 e. The zero-order chi connectivity index (χ0) is 10.6. The number of rotatable bonds is 4. The minimum atomic E-state index is -0.335. The van der Waals surface area contributed by atoms with E-state index < -0.39 is 0 Å². The first-order valence-corrected chi connectivity index (χ1v) is 5.31. The molecular formula is C11H21NO2. The molecule has 0 spiro atoms. The van der Waals surface area contributed by atoms with Gasteiger partial charge in [-0.25, -0.2) is 0 Å². The molecular weight excluding hydrogens is 178 g/mol. The zero-order valence-corrected chi connectivity index (χ0v) is 9.45. The standard InChI is InChI=1S/C11H21NO2/c1-11(2,9-13)12(3)8-10-4-6-14-7-5-10/h9-10H,4-8H2,1-3H3. The van der Waals surface area contributed by atoms with Crippen molar-refractivity contribution in [2.75, 3.05) is 26.8 Å². The zero-order valence-electron chi connectivity index (χ0n) is 9.45. The molecule has 1 heterocycles. The molecule has 0 N–H and O–H groups in total. The summed E-state index contributed by atoms with van der Waals surface area (Å²) in [6.07, 6.45) is 3.27. The molecule has 1 aliphatic rings. The van der Waals surface area contributed by atoms with Gasteiger partial charge in [-0.2, -0.15) is 0 Å². The van der Waals surface area contributed by atoms with Crippen LogP contribution in [0.3, 0.4) is 0 Å². The number of likely N-dealkylation sites (N-methyl/N-ethyl adjacent to an activating group) is 1. The van der Waals surface area contributed by atoms with E-state index in [1.54, 1.807) is 0 Å². The van der Waals surface area contributed by atoms with Gasteiger partial charge in [-0.15, -0.1) is 0 Å². The van der Waals surface area contributed by atoms with Crippen LogP contribution in [-0.2, 0) is 9.53 Å². The van der Waals surface area contributed by atoms with Gasteiger partial charge in [0.05, 0.1) is 5.54 Å². The third-order valence-electron chi connectivity index (χ3n) is 3.15. The summed E-state index contributed by atoms with van der Waals surface area (Å²) >= 11 is 0. The van der Waals surface area contributed by atoms with Crippen LogP contribution < -0.4 is 0 Å². The van der Waals surface area contributed by atoms with Gasteiger partial charge in [0.25, 0.3) is 0 Å². The Bertz CT molecular complexity index is 186. The highest BCUT2D eigenvalue weighted by molar-refractivity contribution is 5.62. The highest BCUT2D eigenvalue weighted by Gasteiger charge is 2.25. The topological polar surface area (TPSA) is 29.5 Å². The van der Waals surface area contributed by atoms with E-state index in [0.717, 1.165) is 38.9 Å². The van der Waals surface area contributed by atoms with Gasteiger partial charge in [-0.1, -0.05) is 0 Å². The summed E-state index contributed by atoms with van der Waals surface area (Å²) in [5.74, 6) is 0.688. The molecule has 0 amide bonds. The van der Waals surface area contributed by atoms with Crippen LogP contribution in [0.5, 0.6) is 0 Å². The van der Waals surface area contributed by atoms with E-state index in [1.165, 1.54) is 0 Å². The van der Waals surface area contributed by atoms with Crippen LogP contribution in [0, 0.1) is 5.92 Å². The molecule has 0 aliphatic carbocycles. The van der Waals surface area contributed by atoms with Crippen molar-refractivity contribution in [1.82, 2.24) is 4.90 Å². The third-order valence-corrected chi connectivity index (χ3v) is 3.15. The fourth-order valence-electron chi connectivity index (χ4n) is 1.64. The first kappa shape index (κ1) is 11.7. The van der Waals surface area contributed by atoms with Crippen molar-refractivity contribution in [3.8, 4) is 0 Å². The van der Waals surface area contributed by atoms with E-state index >= 15 is 0 Å². The second kappa shape index (κ2) is 4.89. The van der Waals surface area contributed by atoms with Gasteiger partial charge in [0, 0.05) is 19.8 Å². The lowest BCUT2D eigenvalue weighted by atomic mass is 9.97. The monoisotopic (exact) mass is 199 g/mol. The fraction of sp³-hybridized carbons (Fsp3) is 0.909. The Morgan fingerprint density at radius 1 is 1.43 bits per heavy atom. The molecule has 1 aliphatic heterocycles. The van der Waals surface area contributed by atoms with Gasteiger partial charge in [-0.3, -0.25) is 4.90 Å². The number of carbonyl (C=O) groups is 1. The molecule has 82 valence electrons. The van der Waals surface area contributed by atoms with E-state index in [4.69, 9.17) is 4.74 Å².